The van der Waals surface area contributed by atoms with Gasteiger partial charge in [-0.05, 0) is 13.3 Å². The van der Waals surface area contributed by atoms with Crippen molar-refractivity contribution in [3.05, 3.63) is 0 Å². The molecule has 88 valence electrons. The smallest absolute Gasteiger partial charge is 0.157 e. The molecule has 0 aromatic carbocycles. The van der Waals surface area contributed by atoms with Crippen LogP contribution in [0.5, 0.6) is 0 Å². The maximum atomic E-state index is 5.15. The van der Waals surface area contributed by atoms with E-state index >= 15 is 0 Å². The third-order valence-electron chi connectivity index (χ3n) is 2.46. The summed E-state index contributed by atoms with van der Waals surface area (Å²) in [6.45, 7) is 5.05. The van der Waals surface area contributed by atoms with Crippen LogP contribution >= 0.6 is 27.7 Å². The van der Waals surface area contributed by atoms with E-state index in [4.69, 9.17) is 4.74 Å². The first kappa shape index (κ1) is 13.3. The Morgan fingerprint density at radius 2 is 2.40 bits per heavy atom. The van der Waals surface area contributed by atoms with Crippen molar-refractivity contribution in [1.29, 1.82) is 0 Å². The molecule has 3 nitrogen and oxygen atoms in total. The molecule has 5 heteroatoms. The van der Waals surface area contributed by atoms with Gasteiger partial charge < -0.3 is 10.1 Å². The van der Waals surface area contributed by atoms with Crippen molar-refractivity contribution in [2.45, 2.75) is 37.6 Å². The fraction of sp³-hybridized carbons (Fsp3) is 0.900. The largest absolute Gasteiger partial charge is 0.383 e. The van der Waals surface area contributed by atoms with E-state index in [0.717, 1.165) is 23.5 Å². The molecule has 1 aliphatic heterocycles. The SMILES string of the molecule is CCC(COC)NC1=NC(C)C(CBr)S1. The predicted octanol–water partition coefficient (Wildman–Crippen LogP) is 2.26. The molecule has 15 heavy (non-hydrogen) atoms. The number of aliphatic imine (C=N–C) groups is 1. The van der Waals surface area contributed by atoms with Gasteiger partial charge in [0.05, 0.1) is 18.7 Å². The number of hydrogen-bond donors (Lipinski definition) is 1. The Bertz CT molecular complexity index is 225. The van der Waals surface area contributed by atoms with Crippen LogP contribution in [0.1, 0.15) is 20.3 Å². The molecule has 0 amide bonds. The second kappa shape index (κ2) is 6.76. The molecule has 1 N–H and O–H groups in total. The average Bonchev–Trinajstić information content (AvgIpc) is 2.58. The van der Waals surface area contributed by atoms with Gasteiger partial charge in [0, 0.05) is 17.7 Å². The summed E-state index contributed by atoms with van der Waals surface area (Å²) in [5.74, 6) is 0. The highest BCUT2D eigenvalue weighted by molar-refractivity contribution is 9.09. The van der Waals surface area contributed by atoms with Gasteiger partial charge in [-0.25, -0.2) is 0 Å². The molecule has 1 aliphatic rings. The Kier molecular flexibility index (Phi) is 6.00. The number of methoxy groups -OCH3 is 1. The number of halogens is 1. The molecule has 1 heterocycles. The lowest BCUT2D eigenvalue weighted by atomic mass is 10.2. The molecular formula is C10H19BrN2OS. The fourth-order valence-corrected chi connectivity index (χ4v) is 3.42. The molecule has 0 aromatic rings. The van der Waals surface area contributed by atoms with Gasteiger partial charge in [-0.15, -0.1) is 0 Å². The Morgan fingerprint density at radius 1 is 1.67 bits per heavy atom. The monoisotopic (exact) mass is 294 g/mol. The predicted molar refractivity (Wildman–Crippen MR) is 71.2 cm³/mol. The van der Waals surface area contributed by atoms with Gasteiger partial charge in [0.25, 0.3) is 0 Å². The molecule has 3 unspecified atom stereocenters. The number of hydrogen-bond acceptors (Lipinski definition) is 4. The first-order chi connectivity index (χ1) is 7.21. The second-order valence-corrected chi connectivity index (χ2v) is 5.57. The molecule has 0 fully saturated rings. The molecule has 0 saturated carbocycles. The number of alkyl halides is 1. The van der Waals surface area contributed by atoms with Crippen molar-refractivity contribution < 1.29 is 4.74 Å². The van der Waals surface area contributed by atoms with Gasteiger partial charge in [-0.1, -0.05) is 34.6 Å². The fourth-order valence-electron chi connectivity index (χ4n) is 1.41. The van der Waals surface area contributed by atoms with Crippen LogP contribution in [0.4, 0.5) is 0 Å². The van der Waals surface area contributed by atoms with Crippen molar-refractivity contribution in [1.82, 2.24) is 5.32 Å². The Hall–Kier alpha value is 0.260. The number of nitrogens with zero attached hydrogens (tertiary/aromatic N) is 1. The number of rotatable bonds is 5. The summed E-state index contributed by atoms with van der Waals surface area (Å²) in [6, 6.07) is 0.777. The van der Waals surface area contributed by atoms with Crippen LogP contribution in [0.15, 0.2) is 4.99 Å². The van der Waals surface area contributed by atoms with E-state index in [1.54, 1.807) is 7.11 Å². The van der Waals surface area contributed by atoms with Crippen molar-refractivity contribution in [3.63, 3.8) is 0 Å². The van der Waals surface area contributed by atoms with E-state index in [9.17, 15) is 0 Å². The van der Waals surface area contributed by atoms with Crippen molar-refractivity contribution >= 4 is 32.9 Å². The van der Waals surface area contributed by atoms with E-state index in [1.807, 2.05) is 11.8 Å². The molecule has 0 aromatic heterocycles. The quantitative estimate of drug-likeness (QED) is 0.790. The van der Waals surface area contributed by atoms with Crippen LogP contribution in [-0.4, -0.2) is 41.5 Å². The molecule has 0 bridgehead atoms. The third-order valence-corrected chi connectivity index (χ3v) is 4.90. The normalized spacial score (nSPS) is 27.6. The summed E-state index contributed by atoms with van der Waals surface area (Å²) < 4.78 is 5.15. The summed E-state index contributed by atoms with van der Waals surface area (Å²) >= 11 is 5.34. The van der Waals surface area contributed by atoms with E-state index in [2.05, 4.69) is 40.1 Å². The van der Waals surface area contributed by atoms with Gasteiger partial charge >= 0.3 is 0 Å². The molecule has 0 aliphatic carbocycles. The van der Waals surface area contributed by atoms with Crippen LogP contribution in [0.25, 0.3) is 0 Å². The highest BCUT2D eigenvalue weighted by Crippen LogP contribution is 2.27. The van der Waals surface area contributed by atoms with E-state index < -0.39 is 0 Å². The average molecular weight is 295 g/mol. The van der Waals surface area contributed by atoms with Crippen molar-refractivity contribution in [3.8, 4) is 0 Å². The van der Waals surface area contributed by atoms with Gasteiger partial charge in [0.15, 0.2) is 5.17 Å². The third kappa shape index (κ3) is 3.96. The lowest BCUT2D eigenvalue weighted by molar-refractivity contribution is 0.172. The number of amidine groups is 1. The number of ether oxygens (including phenoxy) is 1. The van der Waals surface area contributed by atoms with Crippen LogP contribution in [0.2, 0.25) is 0 Å². The molecular weight excluding hydrogens is 276 g/mol. The van der Waals surface area contributed by atoms with Crippen LogP contribution in [-0.2, 0) is 4.74 Å². The summed E-state index contributed by atoms with van der Waals surface area (Å²) in [5.41, 5.74) is 0. The second-order valence-electron chi connectivity index (χ2n) is 3.69. The minimum atomic E-state index is 0.377. The minimum Gasteiger partial charge on any atom is -0.383 e. The van der Waals surface area contributed by atoms with Crippen LogP contribution < -0.4 is 5.32 Å². The lowest BCUT2D eigenvalue weighted by Gasteiger charge is -2.16. The first-order valence-electron chi connectivity index (χ1n) is 5.27. The topological polar surface area (TPSA) is 33.6 Å². The first-order valence-corrected chi connectivity index (χ1v) is 7.27. The number of nitrogens with one attached hydrogen (secondary N) is 1. The zero-order chi connectivity index (χ0) is 11.3. The summed E-state index contributed by atoms with van der Waals surface area (Å²) in [4.78, 5) is 4.59. The highest BCUT2D eigenvalue weighted by Gasteiger charge is 2.26. The van der Waals surface area contributed by atoms with Gasteiger partial charge in [0.1, 0.15) is 0 Å². The molecule has 3 atom stereocenters. The van der Waals surface area contributed by atoms with Crippen LogP contribution in [0.3, 0.4) is 0 Å². The van der Waals surface area contributed by atoms with Gasteiger partial charge in [0.2, 0.25) is 0 Å². The highest BCUT2D eigenvalue weighted by atomic mass is 79.9. The summed E-state index contributed by atoms with van der Waals surface area (Å²) in [6.07, 6.45) is 1.06. The zero-order valence-electron chi connectivity index (χ0n) is 9.50. The van der Waals surface area contributed by atoms with Gasteiger partial charge in [-0.3, -0.25) is 4.99 Å². The number of thioether (sulfide) groups is 1. The van der Waals surface area contributed by atoms with E-state index in [1.165, 1.54) is 0 Å². The zero-order valence-corrected chi connectivity index (χ0v) is 11.9. The Morgan fingerprint density at radius 3 is 2.87 bits per heavy atom. The minimum absolute atomic E-state index is 0.377. The summed E-state index contributed by atoms with van der Waals surface area (Å²) in [5, 5.41) is 6.05. The van der Waals surface area contributed by atoms with Crippen LogP contribution in [0, 0.1) is 0 Å². The van der Waals surface area contributed by atoms with Gasteiger partial charge in [-0.2, -0.15) is 0 Å². The van der Waals surface area contributed by atoms with E-state index in [0.29, 0.717) is 17.3 Å². The van der Waals surface area contributed by atoms with Crippen molar-refractivity contribution in [2.75, 3.05) is 19.0 Å². The van der Waals surface area contributed by atoms with Crippen molar-refractivity contribution in [2.24, 2.45) is 4.99 Å². The molecule has 0 spiro atoms. The molecule has 0 saturated heterocycles. The maximum absolute atomic E-state index is 5.15. The molecule has 0 radical (unpaired) electrons. The van der Waals surface area contributed by atoms with E-state index in [-0.39, 0.29) is 0 Å². The maximum Gasteiger partial charge on any atom is 0.157 e. The summed E-state index contributed by atoms with van der Waals surface area (Å²) in [7, 11) is 1.73. The Balaban J connectivity index is 2.42. The lowest BCUT2D eigenvalue weighted by Crippen LogP contribution is -2.35. The Labute approximate surface area is 105 Å². The molecule has 1 rings (SSSR count). The standard InChI is InChI=1S/C10H19BrN2OS/c1-4-8(6-14-3)13-10-12-7(2)9(5-11)15-10/h7-9H,4-6H2,1-3H3,(H,12,13).